The van der Waals surface area contributed by atoms with Crippen LogP contribution < -0.4 is 14.5 Å². The fourth-order valence-electron chi connectivity index (χ4n) is 3.91. The second-order valence-electron chi connectivity index (χ2n) is 7.15. The summed E-state index contributed by atoms with van der Waals surface area (Å²) < 4.78 is 5.81. The van der Waals surface area contributed by atoms with Gasteiger partial charge in [-0.3, -0.25) is 10.1 Å². The van der Waals surface area contributed by atoms with Gasteiger partial charge < -0.3 is 14.5 Å². The Morgan fingerprint density at radius 3 is 2.61 bits per heavy atom. The molecule has 2 aromatic rings. The Bertz CT molecular complexity index is 865. The first kappa shape index (κ1) is 18.5. The summed E-state index contributed by atoms with van der Waals surface area (Å²) in [6.45, 7) is 5.66. The summed E-state index contributed by atoms with van der Waals surface area (Å²) in [6, 6.07) is 6.82. The van der Waals surface area contributed by atoms with Crippen molar-refractivity contribution in [2.45, 2.75) is 32.6 Å². The highest BCUT2D eigenvalue weighted by Gasteiger charge is 2.24. The van der Waals surface area contributed by atoms with Crippen LogP contribution in [0.1, 0.15) is 31.0 Å². The Morgan fingerprint density at radius 2 is 1.86 bits per heavy atom. The van der Waals surface area contributed by atoms with Crippen LogP contribution in [0.2, 0.25) is 0 Å². The Balaban J connectivity index is 1.50. The molecule has 8 heteroatoms. The highest BCUT2D eigenvalue weighted by Crippen LogP contribution is 2.30. The van der Waals surface area contributed by atoms with Crippen LogP contribution in [0.25, 0.3) is 0 Å². The third-order valence-corrected chi connectivity index (χ3v) is 5.38. The minimum atomic E-state index is -0.351. The van der Waals surface area contributed by atoms with Crippen LogP contribution in [0.3, 0.4) is 0 Å². The van der Waals surface area contributed by atoms with Crippen LogP contribution in [0.4, 0.5) is 17.3 Å². The first-order valence-electron chi connectivity index (χ1n) is 9.92. The SMILES string of the molecule is CCOc1nc(N2CCN(c3cccc([N+](=O)[O-])c3)CC2)nc2c1CCCC2. The molecule has 0 N–H and O–H groups in total. The number of ether oxygens (including phenoxy) is 1. The highest BCUT2D eigenvalue weighted by atomic mass is 16.6. The number of fused-ring (bicyclic) bond motifs is 1. The van der Waals surface area contributed by atoms with Gasteiger partial charge in [0.05, 0.1) is 17.2 Å². The van der Waals surface area contributed by atoms with Gasteiger partial charge in [-0.05, 0) is 38.7 Å². The Hall–Kier alpha value is -2.90. The number of hydrogen-bond donors (Lipinski definition) is 0. The van der Waals surface area contributed by atoms with Gasteiger partial charge >= 0.3 is 0 Å². The van der Waals surface area contributed by atoms with Crippen LogP contribution in [0, 0.1) is 10.1 Å². The molecule has 4 rings (SSSR count). The lowest BCUT2D eigenvalue weighted by molar-refractivity contribution is -0.384. The van der Waals surface area contributed by atoms with Gasteiger partial charge in [-0.15, -0.1) is 0 Å². The molecule has 0 amide bonds. The first-order valence-corrected chi connectivity index (χ1v) is 9.92. The molecule has 2 aliphatic rings. The number of nitrogens with zero attached hydrogens (tertiary/aromatic N) is 5. The number of anilines is 2. The van der Waals surface area contributed by atoms with Gasteiger partial charge in [0.15, 0.2) is 0 Å². The number of hydrogen-bond acceptors (Lipinski definition) is 7. The van der Waals surface area contributed by atoms with E-state index in [1.54, 1.807) is 12.1 Å². The second-order valence-corrected chi connectivity index (χ2v) is 7.15. The van der Waals surface area contributed by atoms with E-state index in [-0.39, 0.29) is 10.6 Å². The van der Waals surface area contributed by atoms with Crippen LogP contribution >= 0.6 is 0 Å². The molecule has 2 heterocycles. The van der Waals surface area contributed by atoms with Crippen molar-refractivity contribution in [3.05, 3.63) is 45.6 Å². The number of rotatable bonds is 5. The quantitative estimate of drug-likeness (QED) is 0.579. The van der Waals surface area contributed by atoms with Crippen molar-refractivity contribution in [2.75, 3.05) is 42.6 Å². The van der Waals surface area contributed by atoms with Crippen molar-refractivity contribution in [3.8, 4) is 5.88 Å². The summed E-state index contributed by atoms with van der Waals surface area (Å²) in [6.07, 6.45) is 4.30. The Labute approximate surface area is 164 Å². The molecule has 0 bridgehead atoms. The molecule has 1 aromatic carbocycles. The van der Waals surface area contributed by atoms with Crippen molar-refractivity contribution in [2.24, 2.45) is 0 Å². The number of aryl methyl sites for hydroxylation is 1. The maximum Gasteiger partial charge on any atom is 0.271 e. The van der Waals surface area contributed by atoms with Gasteiger partial charge in [0.1, 0.15) is 0 Å². The summed E-state index contributed by atoms with van der Waals surface area (Å²) in [4.78, 5) is 24.6. The molecule has 0 spiro atoms. The highest BCUT2D eigenvalue weighted by molar-refractivity contribution is 5.54. The molecular weight excluding hydrogens is 358 g/mol. The molecule has 1 aromatic heterocycles. The van der Waals surface area contributed by atoms with Crippen molar-refractivity contribution >= 4 is 17.3 Å². The Morgan fingerprint density at radius 1 is 1.11 bits per heavy atom. The van der Waals surface area contributed by atoms with Gasteiger partial charge in [-0.25, -0.2) is 4.98 Å². The van der Waals surface area contributed by atoms with Crippen molar-refractivity contribution in [3.63, 3.8) is 0 Å². The predicted octanol–water partition coefficient (Wildman–Crippen LogP) is 2.99. The third kappa shape index (κ3) is 3.72. The lowest BCUT2D eigenvalue weighted by atomic mass is 9.97. The number of piperazine rings is 1. The predicted molar refractivity (Wildman–Crippen MR) is 107 cm³/mol. The van der Waals surface area contributed by atoms with Gasteiger partial charge in [-0.2, -0.15) is 4.98 Å². The molecule has 1 fully saturated rings. The fourth-order valence-corrected chi connectivity index (χ4v) is 3.91. The van der Waals surface area contributed by atoms with E-state index >= 15 is 0 Å². The molecule has 1 aliphatic carbocycles. The molecule has 148 valence electrons. The Kier molecular flexibility index (Phi) is 5.27. The first-order chi connectivity index (χ1) is 13.7. The lowest BCUT2D eigenvalue weighted by Crippen LogP contribution is -2.47. The third-order valence-electron chi connectivity index (χ3n) is 5.38. The van der Waals surface area contributed by atoms with Gasteiger partial charge in [0, 0.05) is 49.6 Å². The average molecular weight is 383 g/mol. The molecule has 1 aliphatic heterocycles. The van der Waals surface area contributed by atoms with Crippen molar-refractivity contribution in [1.82, 2.24) is 9.97 Å². The summed E-state index contributed by atoms with van der Waals surface area (Å²) in [5.74, 6) is 1.48. The zero-order chi connectivity index (χ0) is 19.5. The van der Waals surface area contributed by atoms with E-state index < -0.39 is 0 Å². The van der Waals surface area contributed by atoms with Crippen LogP contribution in [0.15, 0.2) is 24.3 Å². The number of aromatic nitrogens is 2. The van der Waals surface area contributed by atoms with Gasteiger partial charge in [0.25, 0.3) is 5.69 Å². The minimum absolute atomic E-state index is 0.124. The van der Waals surface area contributed by atoms with E-state index in [1.165, 1.54) is 11.6 Å². The maximum absolute atomic E-state index is 11.0. The fraction of sp³-hybridized carbons (Fsp3) is 0.500. The average Bonchev–Trinajstić information content (AvgIpc) is 2.74. The van der Waals surface area contributed by atoms with E-state index in [1.807, 2.05) is 13.0 Å². The standard InChI is InChI=1S/C20H25N5O3/c1-2-28-19-17-8-3-4-9-18(17)21-20(22-19)24-12-10-23(11-13-24)15-6-5-7-16(14-15)25(26)27/h5-7,14H,2-4,8-13H2,1H3. The van der Waals surface area contributed by atoms with Crippen LogP contribution in [0.5, 0.6) is 5.88 Å². The number of nitro groups is 1. The zero-order valence-corrected chi connectivity index (χ0v) is 16.1. The lowest BCUT2D eigenvalue weighted by Gasteiger charge is -2.36. The molecule has 8 nitrogen and oxygen atoms in total. The molecule has 1 saturated heterocycles. The van der Waals surface area contributed by atoms with E-state index in [4.69, 9.17) is 14.7 Å². The number of non-ortho nitro benzene ring substituents is 1. The van der Waals surface area contributed by atoms with E-state index in [2.05, 4.69) is 9.80 Å². The monoisotopic (exact) mass is 383 g/mol. The van der Waals surface area contributed by atoms with Crippen molar-refractivity contribution in [1.29, 1.82) is 0 Å². The zero-order valence-electron chi connectivity index (χ0n) is 16.1. The van der Waals surface area contributed by atoms with Gasteiger partial charge in [-0.1, -0.05) is 6.07 Å². The van der Waals surface area contributed by atoms with E-state index in [0.29, 0.717) is 6.61 Å². The second kappa shape index (κ2) is 8.00. The molecule has 0 atom stereocenters. The smallest absolute Gasteiger partial charge is 0.271 e. The molecule has 0 unspecified atom stereocenters. The minimum Gasteiger partial charge on any atom is -0.478 e. The molecular formula is C20H25N5O3. The summed E-state index contributed by atoms with van der Waals surface area (Å²) >= 11 is 0. The van der Waals surface area contributed by atoms with Crippen LogP contribution in [-0.4, -0.2) is 47.7 Å². The van der Waals surface area contributed by atoms with E-state index in [9.17, 15) is 10.1 Å². The molecule has 0 radical (unpaired) electrons. The summed E-state index contributed by atoms with van der Waals surface area (Å²) in [5, 5.41) is 11.0. The molecule has 0 saturated carbocycles. The van der Waals surface area contributed by atoms with Gasteiger partial charge in [0.2, 0.25) is 11.8 Å². The summed E-state index contributed by atoms with van der Waals surface area (Å²) in [7, 11) is 0. The topological polar surface area (TPSA) is 84.6 Å². The summed E-state index contributed by atoms with van der Waals surface area (Å²) in [5.41, 5.74) is 3.31. The number of nitro benzene ring substituents is 1. The maximum atomic E-state index is 11.0. The number of benzene rings is 1. The molecule has 28 heavy (non-hydrogen) atoms. The van der Waals surface area contributed by atoms with Crippen molar-refractivity contribution < 1.29 is 9.66 Å². The van der Waals surface area contributed by atoms with E-state index in [0.717, 1.165) is 75.1 Å². The van der Waals surface area contributed by atoms with Crippen LogP contribution in [-0.2, 0) is 12.8 Å². The largest absolute Gasteiger partial charge is 0.478 e. The normalized spacial score (nSPS) is 16.6.